The summed E-state index contributed by atoms with van der Waals surface area (Å²) in [5.74, 6) is -2.87. The molecule has 2 aromatic heterocycles. The molecule has 37 nitrogen and oxygen atoms in total. The number of rotatable bonds is 56. The molecule has 4 aromatic carbocycles. The molecule has 6 aromatic rings. The number of amides is 4. The Morgan fingerprint density at radius 3 is 1.18 bits per heavy atom. The summed E-state index contributed by atoms with van der Waals surface area (Å²) in [4.78, 5) is 113. The molecule has 626 valence electrons. The van der Waals surface area contributed by atoms with Crippen molar-refractivity contribution in [3.63, 3.8) is 0 Å². The molecule has 0 fully saturated rings. The number of alkyl halides is 6. The van der Waals surface area contributed by atoms with Gasteiger partial charge in [-0.25, -0.2) is 32.8 Å². The minimum Gasteiger partial charge on any atom is -0.394 e. The second kappa shape index (κ2) is 46.3. The minimum absolute atomic E-state index is 0.0210. The van der Waals surface area contributed by atoms with Gasteiger partial charge in [-0.1, -0.05) is 24.3 Å². The number of halogens is 6. The zero-order chi connectivity index (χ0) is 82.0. The maximum atomic E-state index is 13.7. The van der Waals surface area contributed by atoms with E-state index in [1.165, 1.54) is 0 Å². The van der Waals surface area contributed by atoms with Gasteiger partial charge in [-0.2, -0.15) is 35.5 Å². The zero-order valence-electron chi connectivity index (χ0n) is 60.4. The molecule has 0 saturated heterocycles. The lowest BCUT2D eigenvalue weighted by molar-refractivity contribution is -0.647. The third-order valence-electron chi connectivity index (χ3n) is 15.7. The third kappa shape index (κ3) is 36.6. The van der Waals surface area contributed by atoms with E-state index in [-0.39, 0.29) is 110 Å². The average molecular weight is 1700 g/mol. The van der Waals surface area contributed by atoms with Gasteiger partial charge in [0.2, 0.25) is 45.7 Å². The standard InChI is InChI=1S/C64H91F6N10O27P5/c65-63(66,67)24-36-102-108(88,89)98-34-10-6-16-59(84)73-40-50(41-74-60(85)17-7-11-35-99-109(90,91)103-37-25-64(68,69)70)107-112(96,97)106-45-49(76-62(87)23-27-72-47-19-21-54-58(39-47)80(29-31-82)56-15-5-3-13-52(56)78-54)44-105-111(94,95)101-33-9-1-8-32-100-110(92,93)104-43-48(42-83)75-61(86)22-26-71-46-18-20-53-57(38-46)79(28-30-81)55-14-4-2-12-51(55)77-53/h2-5,12-15,18-21,38-39,48-50,81-83H,1,6-11,16-17,22-37,40-45H2,(H9,73,74,75,76,84,85,86,87,88,89,90,91,92,93,94,95,96,97)/p+2. The van der Waals surface area contributed by atoms with Gasteiger partial charge in [0, 0.05) is 87.5 Å². The minimum atomic E-state index is -5.42. The highest BCUT2D eigenvalue weighted by Gasteiger charge is 2.34. The van der Waals surface area contributed by atoms with E-state index in [0.29, 0.717) is 40.0 Å². The van der Waals surface area contributed by atoms with Crippen molar-refractivity contribution < 1.29 is 163 Å². The van der Waals surface area contributed by atoms with Gasteiger partial charge in [-0.3, -0.25) is 64.4 Å². The van der Waals surface area contributed by atoms with Gasteiger partial charge in [0.15, 0.2) is 13.1 Å². The topological polar surface area (TPSA) is 513 Å². The number of anilines is 2. The monoisotopic (exact) mass is 1700 g/mol. The molecule has 14 N–H and O–H groups in total. The van der Waals surface area contributed by atoms with Crippen LogP contribution in [0.3, 0.4) is 0 Å². The lowest BCUT2D eigenvalue weighted by atomic mass is 10.2. The van der Waals surface area contributed by atoms with Crippen LogP contribution in [0, 0.1) is 0 Å². The molecule has 7 unspecified atom stereocenters. The lowest BCUT2D eigenvalue weighted by Crippen LogP contribution is -2.42. The van der Waals surface area contributed by atoms with Gasteiger partial charge in [0.25, 0.3) is 0 Å². The molecule has 2 heterocycles. The van der Waals surface area contributed by atoms with Crippen molar-refractivity contribution in [1.29, 1.82) is 0 Å². The first-order valence-corrected chi connectivity index (χ1v) is 42.6. The molecular weight excluding hydrogens is 1610 g/mol. The maximum Gasteiger partial charge on any atom is 0.472 e. The highest BCUT2D eigenvalue weighted by Crippen LogP contribution is 2.48. The fraction of sp³-hybridized carbons (Fsp3) is 0.562. The molecule has 0 radical (unpaired) electrons. The van der Waals surface area contributed by atoms with E-state index in [2.05, 4.69) is 50.0 Å². The quantitative estimate of drug-likeness (QED) is 0.00628. The molecule has 112 heavy (non-hydrogen) atoms. The molecule has 7 atom stereocenters. The smallest absolute Gasteiger partial charge is 0.394 e. The Labute approximate surface area is 637 Å². The number of carbonyl (C=O) groups excluding carboxylic acids is 4. The number of aliphatic hydroxyl groups excluding tert-OH is 3. The Morgan fingerprint density at radius 1 is 0.420 bits per heavy atom. The number of hydrogen-bond acceptors (Lipinski definition) is 26. The number of phosphoric ester groups is 5. The number of hydrogen-bond donors (Lipinski definition) is 14. The van der Waals surface area contributed by atoms with Crippen molar-refractivity contribution in [2.24, 2.45) is 0 Å². The van der Waals surface area contributed by atoms with Crippen molar-refractivity contribution in [1.82, 2.24) is 31.2 Å². The number of carbonyl (C=O) groups is 4. The number of nitrogens with zero attached hydrogens (tertiary/aromatic N) is 4. The maximum absolute atomic E-state index is 13.7. The third-order valence-corrected chi connectivity index (χ3v) is 20.7. The van der Waals surface area contributed by atoms with Crippen molar-refractivity contribution in [2.75, 3.05) is 116 Å². The number of phosphoric acid groups is 5. The summed E-state index contributed by atoms with van der Waals surface area (Å²) in [6.45, 7) is -8.58. The highest BCUT2D eigenvalue weighted by atomic mass is 31.2. The average Bonchev–Trinajstić information content (AvgIpc) is 0.777. The molecule has 4 amide bonds. The molecule has 0 bridgehead atoms. The number of aromatic nitrogens is 4. The molecule has 48 heteroatoms. The Hall–Kier alpha value is -6.43. The van der Waals surface area contributed by atoms with Gasteiger partial charge in [0.1, 0.15) is 41.4 Å². The Bertz CT molecular complexity index is 4220. The number of fused-ring (bicyclic) bond motifs is 4. The van der Waals surface area contributed by atoms with Crippen molar-refractivity contribution >= 4 is 118 Å². The van der Waals surface area contributed by atoms with Crippen molar-refractivity contribution in [3.05, 3.63) is 84.9 Å². The number of para-hydroxylation sites is 4. The Balaban J connectivity index is 1.01. The SMILES string of the molecule is O=C(CCCCOP(=O)(O)OCCC(F)(F)F)NCC(CNC(=O)CCCCOP(=O)(O)OCCC(F)(F)F)OP(=O)(O)OCC(COP(=O)(O)OCCCCCOP(=O)(O)OCC(CO)NC(=O)CCNc1ccc2nc3ccccc3[n+](CCO)c2c1)NC(=O)CCNc1ccc2nc3ccccc3[n+](CCO)c2c1. The van der Waals surface area contributed by atoms with E-state index in [9.17, 15) is 108 Å². The number of nitrogens with one attached hydrogen (secondary N) is 6. The van der Waals surface area contributed by atoms with Crippen LogP contribution in [-0.4, -0.2) is 209 Å². The Kier molecular flexibility index (Phi) is 39.1. The number of unbranched alkanes of at least 4 members (excludes halogenated alkanes) is 4. The predicted octanol–water partition coefficient (Wildman–Crippen LogP) is 6.60. The molecular formula is C64H93F6N10O27P5+2. The summed E-state index contributed by atoms with van der Waals surface area (Å²) in [5.41, 5.74) is 6.81. The first-order valence-electron chi connectivity index (χ1n) is 35.1. The van der Waals surface area contributed by atoms with E-state index >= 15 is 0 Å². The highest BCUT2D eigenvalue weighted by molar-refractivity contribution is 7.48. The predicted molar refractivity (Wildman–Crippen MR) is 387 cm³/mol. The summed E-state index contributed by atoms with van der Waals surface area (Å²) in [7, 11) is -25.0. The summed E-state index contributed by atoms with van der Waals surface area (Å²) in [6.07, 6.45) is -15.3. The van der Waals surface area contributed by atoms with Crippen LogP contribution in [0.15, 0.2) is 84.9 Å². The van der Waals surface area contributed by atoms with Gasteiger partial charge >= 0.3 is 51.5 Å². The van der Waals surface area contributed by atoms with Crippen LogP contribution in [0.25, 0.3) is 44.1 Å². The van der Waals surface area contributed by atoms with Crippen LogP contribution >= 0.6 is 39.1 Å². The Morgan fingerprint density at radius 2 is 0.777 bits per heavy atom. The summed E-state index contributed by atoms with van der Waals surface area (Å²) >= 11 is 0. The molecule has 0 saturated carbocycles. The van der Waals surface area contributed by atoms with Crippen LogP contribution in [-0.2, 0) is 100 Å². The second-order valence-electron chi connectivity index (χ2n) is 24.7. The largest absolute Gasteiger partial charge is 0.472 e. The molecule has 0 aliphatic heterocycles. The normalized spacial score (nSPS) is 15.7. The molecule has 0 spiro atoms. The zero-order valence-corrected chi connectivity index (χ0v) is 64.8. The van der Waals surface area contributed by atoms with Gasteiger partial charge in [0.05, 0.1) is 91.0 Å². The van der Waals surface area contributed by atoms with E-state index < -0.39 is 179 Å². The van der Waals surface area contributed by atoms with E-state index in [1.807, 2.05) is 63.7 Å². The fourth-order valence-electron chi connectivity index (χ4n) is 10.3. The second-order valence-corrected chi connectivity index (χ2v) is 31.9. The van der Waals surface area contributed by atoms with Crippen molar-refractivity contribution in [2.45, 2.75) is 127 Å². The van der Waals surface area contributed by atoms with Gasteiger partial charge < -0.3 is 71.7 Å². The lowest BCUT2D eigenvalue weighted by Gasteiger charge is -2.24. The van der Waals surface area contributed by atoms with Crippen LogP contribution in [0.5, 0.6) is 0 Å². The van der Waals surface area contributed by atoms with Crippen LogP contribution < -0.4 is 41.0 Å². The first kappa shape index (κ1) is 94.4. The van der Waals surface area contributed by atoms with Crippen LogP contribution in [0.1, 0.15) is 83.5 Å². The molecule has 0 aliphatic rings. The van der Waals surface area contributed by atoms with E-state index in [4.69, 9.17) is 37.1 Å². The summed E-state index contributed by atoms with van der Waals surface area (Å²) in [6, 6.07) is 22.6. The van der Waals surface area contributed by atoms with Gasteiger partial charge in [-0.15, -0.1) is 0 Å². The first-order chi connectivity index (χ1) is 52.9. The van der Waals surface area contributed by atoms with Crippen LogP contribution in [0.2, 0.25) is 0 Å². The molecule has 6 rings (SSSR count). The number of aliphatic hydroxyl groups is 3. The fourth-order valence-corrected chi connectivity index (χ4v) is 14.4. The van der Waals surface area contributed by atoms with E-state index in [0.717, 1.165) is 22.1 Å². The number of benzene rings is 4. The molecule has 0 aliphatic carbocycles. The summed E-state index contributed by atoms with van der Waals surface area (Å²) < 4.78 is 191. The van der Waals surface area contributed by atoms with E-state index in [1.54, 1.807) is 30.3 Å². The summed E-state index contributed by atoms with van der Waals surface area (Å²) in [5, 5.41) is 45.6. The van der Waals surface area contributed by atoms with Crippen molar-refractivity contribution in [3.8, 4) is 0 Å². The van der Waals surface area contributed by atoms with Gasteiger partial charge in [-0.05, 0) is 81.3 Å². The van der Waals surface area contributed by atoms with Crippen LogP contribution in [0.4, 0.5) is 37.7 Å².